The Kier molecular flexibility index (Phi) is 2.84. The summed E-state index contributed by atoms with van der Waals surface area (Å²) in [6.07, 6.45) is 0.947. The van der Waals surface area contributed by atoms with Crippen molar-refractivity contribution < 1.29 is 10.2 Å². The topological polar surface area (TPSA) is 55.7 Å². The van der Waals surface area contributed by atoms with E-state index in [1.54, 1.807) is 4.90 Å². The number of hydrogen-bond acceptors (Lipinski definition) is 4. The summed E-state index contributed by atoms with van der Waals surface area (Å²) in [7, 11) is 0. The summed E-state index contributed by atoms with van der Waals surface area (Å²) in [5.41, 5.74) is 0. The molecule has 0 bridgehead atoms. The molecule has 0 spiro atoms. The van der Waals surface area contributed by atoms with Gasteiger partial charge in [0, 0.05) is 19.6 Å². The average molecular weight is 160 g/mol. The van der Waals surface area contributed by atoms with E-state index in [2.05, 4.69) is 5.32 Å². The molecular formula is C7H16N2O2. The Morgan fingerprint density at radius 1 is 1.55 bits per heavy atom. The van der Waals surface area contributed by atoms with Crippen LogP contribution in [-0.2, 0) is 0 Å². The molecule has 0 amide bonds. The first-order valence-electron chi connectivity index (χ1n) is 4.07. The summed E-state index contributed by atoms with van der Waals surface area (Å²) in [5, 5.41) is 21.7. The molecule has 1 heterocycles. The van der Waals surface area contributed by atoms with E-state index in [4.69, 9.17) is 0 Å². The maximum Gasteiger partial charge on any atom is 0.238 e. The van der Waals surface area contributed by atoms with Gasteiger partial charge in [-0.1, -0.05) is 6.92 Å². The smallest absolute Gasteiger partial charge is 0.238 e. The molecule has 1 rings (SSSR count). The molecule has 1 saturated heterocycles. The zero-order chi connectivity index (χ0) is 8.32. The minimum atomic E-state index is -1.63. The molecule has 1 fully saturated rings. The van der Waals surface area contributed by atoms with E-state index < -0.39 is 5.91 Å². The highest BCUT2D eigenvalue weighted by Gasteiger charge is 2.33. The summed E-state index contributed by atoms with van der Waals surface area (Å²) >= 11 is 0. The number of aliphatic hydroxyl groups is 2. The molecule has 4 nitrogen and oxygen atoms in total. The van der Waals surface area contributed by atoms with Crippen LogP contribution in [0, 0.1) is 0 Å². The van der Waals surface area contributed by atoms with Gasteiger partial charge in [0.1, 0.15) is 0 Å². The Bertz CT molecular complexity index is 126. The van der Waals surface area contributed by atoms with Crippen LogP contribution in [0.3, 0.4) is 0 Å². The van der Waals surface area contributed by atoms with Crippen molar-refractivity contribution in [3.8, 4) is 0 Å². The summed E-state index contributed by atoms with van der Waals surface area (Å²) < 4.78 is 0. The molecule has 66 valence electrons. The van der Waals surface area contributed by atoms with Crippen molar-refractivity contribution >= 4 is 0 Å². The average Bonchev–Trinajstić information content (AvgIpc) is 1.94. The lowest BCUT2D eigenvalue weighted by atomic mass is 10.2. The zero-order valence-corrected chi connectivity index (χ0v) is 6.88. The van der Waals surface area contributed by atoms with Gasteiger partial charge in [0.25, 0.3) is 0 Å². The van der Waals surface area contributed by atoms with Crippen molar-refractivity contribution in [2.45, 2.75) is 19.3 Å². The van der Waals surface area contributed by atoms with E-state index >= 15 is 0 Å². The lowest BCUT2D eigenvalue weighted by Gasteiger charge is -2.38. The summed E-state index contributed by atoms with van der Waals surface area (Å²) in [6.45, 7) is 4.56. The Morgan fingerprint density at radius 3 is 2.82 bits per heavy atom. The molecule has 0 aromatic heterocycles. The second-order valence-electron chi connectivity index (χ2n) is 2.94. The first-order chi connectivity index (χ1) is 5.17. The van der Waals surface area contributed by atoms with Gasteiger partial charge in [-0.3, -0.25) is 4.90 Å². The summed E-state index contributed by atoms with van der Waals surface area (Å²) in [4.78, 5) is 1.68. The second kappa shape index (κ2) is 3.49. The Labute approximate surface area is 66.8 Å². The maximum absolute atomic E-state index is 9.38. The predicted octanol–water partition coefficient (Wildman–Crippen LogP) is -1.06. The van der Waals surface area contributed by atoms with Gasteiger partial charge in [0.15, 0.2) is 0 Å². The summed E-state index contributed by atoms with van der Waals surface area (Å²) in [6, 6.07) is 0. The van der Waals surface area contributed by atoms with E-state index in [1.807, 2.05) is 6.92 Å². The third-order valence-electron chi connectivity index (χ3n) is 1.92. The van der Waals surface area contributed by atoms with Gasteiger partial charge in [0.2, 0.25) is 5.91 Å². The van der Waals surface area contributed by atoms with Crippen LogP contribution in [0.2, 0.25) is 0 Å². The number of β-amino-alcohol motifs (C(OH)–C–C–N with tert-alkyl or cyclic N) is 2. The number of rotatable bonds is 2. The fraction of sp³-hybridized carbons (Fsp3) is 1.00. The van der Waals surface area contributed by atoms with Gasteiger partial charge >= 0.3 is 0 Å². The van der Waals surface area contributed by atoms with Crippen LogP contribution in [0.1, 0.15) is 13.3 Å². The van der Waals surface area contributed by atoms with Crippen molar-refractivity contribution in [1.82, 2.24) is 10.2 Å². The van der Waals surface area contributed by atoms with Crippen molar-refractivity contribution in [2.75, 3.05) is 26.2 Å². The molecule has 0 aromatic rings. The van der Waals surface area contributed by atoms with Crippen molar-refractivity contribution in [3.63, 3.8) is 0 Å². The Morgan fingerprint density at radius 2 is 2.27 bits per heavy atom. The predicted molar refractivity (Wildman–Crippen MR) is 41.9 cm³/mol. The van der Waals surface area contributed by atoms with Crippen LogP contribution in [-0.4, -0.2) is 47.2 Å². The van der Waals surface area contributed by atoms with E-state index in [0.717, 1.165) is 19.5 Å². The third kappa shape index (κ3) is 2.13. The van der Waals surface area contributed by atoms with Crippen LogP contribution in [0.5, 0.6) is 0 Å². The van der Waals surface area contributed by atoms with E-state index in [-0.39, 0.29) is 6.54 Å². The molecule has 0 saturated carbocycles. The number of piperazine rings is 1. The largest absolute Gasteiger partial charge is 0.352 e. The van der Waals surface area contributed by atoms with Crippen molar-refractivity contribution in [3.05, 3.63) is 0 Å². The van der Waals surface area contributed by atoms with Crippen LogP contribution < -0.4 is 5.32 Å². The Balaban J connectivity index is 2.45. The molecule has 11 heavy (non-hydrogen) atoms. The molecule has 0 aromatic carbocycles. The van der Waals surface area contributed by atoms with Gasteiger partial charge in [0.05, 0.1) is 6.54 Å². The fourth-order valence-electron chi connectivity index (χ4n) is 1.32. The van der Waals surface area contributed by atoms with Crippen LogP contribution >= 0.6 is 0 Å². The zero-order valence-electron chi connectivity index (χ0n) is 6.88. The van der Waals surface area contributed by atoms with Gasteiger partial charge in [-0.2, -0.15) is 0 Å². The first kappa shape index (κ1) is 8.93. The quantitative estimate of drug-likeness (QED) is 0.451. The molecule has 1 aliphatic heterocycles. The highest BCUT2D eigenvalue weighted by Crippen LogP contribution is 2.10. The number of hydrogen-bond donors (Lipinski definition) is 3. The maximum atomic E-state index is 9.38. The molecule has 1 aliphatic rings. The van der Waals surface area contributed by atoms with E-state index in [9.17, 15) is 10.2 Å². The molecule has 0 radical (unpaired) electrons. The van der Waals surface area contributed by atoms with Crippen LogP contribution in [0.25, 0.3) is 0 Å². The second-order valence-corrected chi connectivity index (χ2v) is 2.94. The molecule has 4 heteroatoms. The highest BCUT2D eigenvalue weighted by molar-refractivity contribution is 4.76. The van der Waals surface area contributed by atoms with Crippen LogP contribution in [0.15, 0.2) is 0 Å². The van der Waals surface area contributed by atoms with E-state index in [1.165, 1.54) is 0 Å². The lowest BCUT2D eigenvalue weighted by Crippen LogP contribution is -2.61. The molecular weight excluding hydrogens is 144 g/mol. The first-order valence-corrected chi connectivity index (χ1v) is 4.07. The van der Waals surface area contributed by atoms with Gasteiger partial charge in [-0.05, 0) is 6.42 Å². The monoisotopic (exact) mass is 160 g/mol. The van der Waals surface area contributed by atoms with Gasteiger partial charge < -0.3 is 15.5 Å². The Hall–Kier alpha value is -0.160. The van der Waals surface area contributed by atoms with Gasteiger partial charge in [-0.25, -0.2) is 0 Å². The minimum absolute atomic E-state index is 0.243. The minimum Gasteiger partial charge on any atom is -0.352 e. The number of nitrogens with one attached hydrogen (secondary N) is 1. The van der Waals surface area contributed by atoms with E-state index in [0.29, 0.717) is 6.54 Å². The number of nitrogens with zero attached hydrogens (tertiary/aromatic N) is 1. The molecule has 0 atom stereocenters. The lowest BCUT2D eigenvalue weighted by molar-refractivity contribution is -0.268. The molecule has 0 unspecified atom stereocenters. The van der Waals surface area contributed by atoms with Crippen molar-refractivity contribution in [2.24, 2.45) is 0 Å². The molecule has 3 N–H and O–H groups in total. The normalized spacial score (nSPS) is 25.4. The van der Waals surface area contributed by atoms with Crippen LogP contribution in [0.4, 0.5) is 0 Å². The standard InChI is InChI=1S/C7H16N2O2/c1-2-4-9-5-3-8-6-7(9,10)11/h8,10-11H,2-6H2,1H3. The van der Waals surface area contributed by atoms with Gasteiger partial charge in [-0.15, -0.1) is 0 Å². The third-order valence-corrected chi connectivity index (χ3v) is 1.92. The SMILES string of the molecule is CCCN1CCNCC1(O)O. The van der Waals surface area contributed by atoms with Crippen molar-refractivity contribution in [1.29, 1.82) is 0 Å². The summed E-state index contributed by atoms with van der Waals surface area (Å²) in [5.74, 6) is -1.63. The highest BCUT2D eigenvalue weighted by atomic mass is 16.5. The fourth-order valence-corrected chi connectivity index (χ4v) is 1.32. The molecule has 0 aliphatic carbocycles.